The Kier molecular flexibility index (Phi) is 6.30. The van der Waals surface area contributed by atoms with Gasteiger partial charge in [0.05, 0.1) is 24.8 Å². The summed E-state index contributed by atoms with van der Waals surface area (Å²) in [6.07, 6.45) is 4.87. The van der Waals surface area contributed by atoms with Crippen molar-refractivity contribution in [2.24, 2.45) is 5.41 Å². The molecule has 6 nitrogen and oxygen atoms in total. The summed E-state index contributed by atoms with van der Waals surface area (Å²) in [6, 6.07) is 11.8. The molecule has 0 bridgehead atoms. The number of hydrogen-bond acceptors (Lipinski definition) is 5. The summed E-state index contributed by atoms with van der Waals surface area (Å²) < 4.78 is 15.8. The average molecular weight is 484 g/mol. The molecule has 2 unspecified atom stereocenters. The van der Waals surface area contributed by atoms with Gasteiger partial charge in [0, 0.05) is 25.3 Å². The van der Waals surface area contributed by atoms with E-state index in [0.717, 1.165) is 49.9 Å². The Balaban J connectivity index is 1.28. The van der Waals surface area contributed by atoms with Gasteiger partial charge < -0.3 is 19.1 Å². The lowest BCUT2D eigenvalue weighted by Gasteiger charge is -2.34. The van der Waals surface area contributed by atoms with Crippen molar-refractivity contribution in [2.75, 3.05) is 33.9 Å². The Hall–Kier alpha value is -2.57. The van der Waals surface area contributed by atoms with E-state index < -0.39 is 5.97 Å². The molecule has 34 heavy (non-hydrogen) atoms. The van der Waals surface area contributed by atoms with Crippen LogP contribution in [0.25, 0.3) is 11.1 Å². The molecule has 2 aromatic carbocycles. The maximum absolute atomic E-state index is 12.7. The molecule has 2 saturated heterocycles. The highest BCUT2D eigenvalue weighted by Crippen LogP contribution is 2.65. The zero-order valence-electron chi connectivity index (χ0n) is 19.6. The van der Waals surface area contributed by atoms with E-state index in [1.165, 1.54) is 26.2 Å². The van der Waals surface area contributed by atoms with Gasteiger partial charge in [-0.15, -0.1) is 0 Å². The van der Waals surface area contributed by atoms with Crippen LogP contribution in [0.3, 0.4) is 0 Å². The number of nitrogens with zero attached hydrogens (tertiary/aromatic N) is 1. The quantitative estimate of drug-likeness (QED) is 0.555. The standard InChI is InChI=1S/C27H30ClNO5/c1-32-23-15-19(26(31)33-2)14-20(24(23)28)17-5-7-18(8-6-17)21-16-27(21)9-11-29(12-10-27)25(30)22-4-3-13-34-22/h5-8,14-15,21-22H,3-4,9-13,16H2,1-2H3. The van der Waals surface area contributed by atoms with Crippen LogP contribution in [-0.4, -0.2) is 56.8 Å². The van der Waals surface area contributed by atoms with Crippen LogP contribution in [0.1, 0.15) is 53.9 Å². The molecule has 1 aliphatic carbocycles. The molecule has 180 valence electrons. The zero-order valence-corrected chi connectivity index (χ0v) is 20.4. The predicted molar refractivity (Wildman–Crippen MR) is 129 cm³/mol. The van der Waals surface area contributed by atoms with Crippen molar-refractivity contribution < 1.29 is 23.8 Å². The number of likely N-dealkylation sites (tertiary alicyclic amines) is 1. The Morgan fingerprint density at radius 3 is 2.47 bits per heavy atom. The van der Waals surface area contributed by atoms with Crippen LogP contribution in [0.2, 0.25) is 5.02 Å². The third kappa shape index (κ3) is 4.18. The van der Waals surface area contributed by atoms with Crippen LogP contribution < -0.4 is 4.74 Å². The molecular formula is C27H30ClNO5. The van der Waals surface area contributed by atoms with Gasteiger partial charge in [-0.05, 0) is 66.7 Å². The van der Waals surface area contributed by atoms with E-state index in [2.05, 4.69) is 24.3 Å². The van der Waals surface area contributed by atoms with E-state index in [0.29, 0.717) is 34.3 Å². The van der Waals surface area contributed by atoms with E-state index in [4.69, 9.17) is 25.8 Å². The van der Waals surface area contributed by atoms with Crippen molar-refractivity contribution in [1.29, 1.82) is 0 Å². The van der Waals surface area contributed by atoms with Crippen molar-refractivity contribution in [3.63, 3.8) is 0 Å². The van der Waals surface area contributed by atoms with E-state index in [-0.39, 0.29) is 12.0 Å². The highest BCUT2D eigenvalue weighted by atomic mass is 35.5. The normalized spacial score (nSPS) is 23.1. The molecule has 0 aromatic heterocycles. The average Bonchev–Trinajstić information content (AvgIpc) is 3.29. The summed E-state index contributed by atoms with van der Waals surface area (Å²) in [5.41, 5.74) is 3.67. The van der Waals surface area contributed by atoms with Crippen LogP contribution >= 0.6 is 11.6 Å². The molecule has 1 spiro atoms. The number of benzene rings is 2. The first-order valence-corrected chi connectivity index (χ1v) is 12.3. The van der Waals surface area contributed by atoms with Gasteiger partial charge in [-0.25, -0.2) is 4.79 Å². The van der Waals surface area contributed by atoms with Gasteiger partial charge >= 0.3 is 5.97 Å². The fourth-order valence-electron chi connectivity index (χ4n) is 5.61. The second kappa shape index (κ2) is 9.23. The van der Waals surface area contributed by atoms with Gasteiger partial charge in [0.2, 0.25) is 0 Å². The molecule has 1 amide bonds. The Morgan fingerprint density at radius 2 is 1.85 bits per heavy atom. The van der Waals surface area contributed by atoms with Crippen molar-refractivity contribution in [1.82, 2.24) is 4.90 Å². The van der Waals surface area contributed by atoms with Gasteiger partial charge in [-0.1, -0.05) is 35.9 Å². The maximum Gasteiger partial charge on any atom is 0.338 e. The minimum atomic E-state index is -0.433. The molecule has 2 atom stereocenters. The number of esters is 1. The summed E-state index contributed by atoms with van der Waals surface area (Å²) in [6.45, 7) is 2.35. The summed E-state index contributed by atoms with van der Waals surface area (Å²) in [5, 5.41) is 0.467. The number of hydrogen-bond donors (Lipinski definition) is 0. The molecule has 2 aromatic rings. The zero-order chi connectivity index (χ0) is 23.9. The molecule has 3 fully saturated rings. The van der Waals surface area contributed by atoms with Gasteiger partial charge in [0.15, 0.2) is 0 Å². The number of methoxy groups -OCH3 is 2. The number of halogens is 1. The first-order valence-electron chi connectivity index (χ1n) is 11.9. The SMILES string of the molecule is COC(=O)c1cc(OC)c(Cl)c(-c2ccc(C3CC34CCN(C(=O)C3CCCO3)CC4)cc2)c1. The van der Waals surface area contributed by atoms with E-state index in [9.17, 15) is 9.59 Å². The number of carbonyl (C=O) groups excluding carboxylic acids is 2. The van der Waals surface area contributed by atoms with Gasteiger partial charge in [0.25, 0.3) is 5.91 Å². The number of amides is 1. The summed E-state index contributed by atoms with van der Waals surface area (Å²) in [7, 11) is 2.88. The summed E-state index contributed by atoms with van der Waals surface area (Å²) in [5.74, 6) is 0.703. The molecule has 5 rings (SSSR count). The largest absolute Gasteiger partial charge is 0.495 e. The van der Waals surface area contributed by atoms with Crippen LogP contribution in [0, 0.1) is 5.41 Å². The Labute approximate surface area is 205 Å². The van der Waals surface area contributed by atoms with E-state index in [1.807, 2.05) is 4.90 Å². The van der Waals surface area contributed by atoms with E-state index >= 15 is 0 Å². The lowest BCUT2D eigenvalue weighted by atomic mass is 9.88. The van der Waals surface area contributed by atoms with Crippen molar-refractivity contribution in [2.45, 2.75) is 44.1 Å². The smallest absolute Gasteiger partial charge is 0.338 e. The van der Waals surface area contributed by atoms with Gasteiger partial charge in [-0.2, -0.15) is 0 Å². The maximum atomic E-state index is 12.7. The molecule has 0 N–H and O–H groups in total. The lowest BCUT2D eigenvalue weighted by Crippen LogP contribution is -2.44. The second-order valence-corrected chi connectivity index (χ2v) is 9.98. The number of rotatable bonds is 5. The van der Waals surface area contributed by atoms with Gasteiger partial charge in [-0.3, -0.25) is 4.79 Å². The molecule has 0 radical (unpaired) electrons. The number of carbonyl (C=O) groups is 2. The molecule has 2 aliphatic heterocycles. The first kappa shape index (κ1) is 23.2. The first-order chi connectivity index (χ1) is 16.5. The highest BCUT2D eigenvalue weighted by Gasteiger charge is 2.55. The molecule has 1 saturated carbocycles. The lowest BCUT2D eigenvalue weighted by molar-refractivity contribution is -0.142. The monoisotopic (exact) mass is 483 g/mol. The van der Waals surface area contributed by atoms with Crippen LogP contribution in [0.4, 0.5) is 0 Å². The number of ether oxygens (including phenoxy) is 3. The van der Waals surface area contributed by atoms with Crippen molar-refractivity contribution in [3.8, 4) is 16.9 Å². The van der Waals surface area contributed by atoms with Crippen molar-refractivity contribution >= 4 is 23.5 Å². The third-order valence-corrected chi connectivity index (χ3v) is 8.16. The van der Waals surface area contributed by atoms with E-state index in [1.54, 1.807) is 12.1 Å². The topological polar surface area (TPSA) is 65.1 Å². The third-order valence-electron chi connectivity index (χ3n) is 7.77. The Bertz CT molecular complexity index is 1080. The number of piperidine rings is 1. The van der Waals surface area contributed by atoms with Crippen molar-refractivity contribution in [3.05, 3.63) is 52.5 Å². The summed E-state index contributed by atoms with van der Waals surface area (Å²) >= 11 is 6.56. The summed E-state index contributed by atoms with van der Waals surface area (Å²) in [4.78, 5) is 26.8. The Morgan fingerprint density at radius 1 is 1.12 bits per heavy atom. The molecular weight excluding hydrogens is 454 g/mol. The minimum absolute atomic E-state index is 0.176. The van der Waals surface area contributed by atoms with Crippen LogP contribution in [0.5, 0.6) is 5.75 Å². The second-order valence-electron chi connectivity index (χ2n) is 9.60. The molecule has 7 heteroatoms. The molecule has 2 heterocycles. The fraction of sp³-hybridized carbons (Fsp3) is 0.481. The predicted octanol–water partition coefficient (Wildman–Crippen LogP) is 5.08. The van der Waals surface area contributed by atoms with Crippen LogP contribution in [0.15, 0.2) is 36.4 Å². The minimum Gasteiger partial charge on any atom is -0.495 e. The van der Waals surface area contributed by atoms with Gasteiger partial charge in [0.1, 0.15) is 11.9 Å². The molecule has 3 aliphatic rings. The fourth-order valence-corrected chi connectivity index (χ4v) is 5.90. The highest BCUT2D eigenvalue weighted by molar-refractivity contribution is 6.35. The van der Waals surface area contributed by atoms with Crippen LogP contribution in [-0.2, 0) is 14.3 Å².